The Kier molecular flexibility index (Phi) is 7.42. The van der Waals surface area contributed by atoms with E-state index in [4.69, 9.17) is 21.3 Å². The molecule has 1 aliphatic rings. The quantitative estimate of drug-likeness (QED) is 0.678. The Hall–Kier alpha value is -3.04. The topological polar surface area (TPSA) is 108 Å². The molecule has 0 aliphatic carbocycles. The normalized spacial score (nSPS) is 14.8. The Morgan fingerprint density at radius 3 is 2.69 bits per heavy atom. The fourth-order valence-corrected chi connectivity index (χ4v) is 3.39. The third-order valence-electron chi connectivity index (χ3n) is 4.80. The molecule has 0 radical (unpaired) electrons. The van der Waals surface area contributed by atoms with Gasteiger partial charge >= 0.3 is 18.3 Å². The number of benzene rings is 1. The smallest absolute Gasteiger partial charge is 0.422 e. The molecule has 1 aromatic heterocycles. The highest BCUT2D eigenvalue weighted by atomic mass is 35.5. The zero-order chi connectivity index (χ0) is 23.3. The molecule has 1 saturated heterocycles. The van der Waals surface area contributed by atoms with Crippen LogP contribution in [-0.4, -0.2) is 65.1 Å². The molecule has 0 atom stereocenters. The van der Waals surface area contributed by atoms with Crippen LogP contribution >= 0.6 is 11.6 Å². The van der Waals surface area contributed by atoms with E-state index in [9.17, 15) is 18.0 Å². The summed E-state index contributed by atoms with van der Waals surface area (Å²) in [4.78, 5) is 15.1. The summed E-state index contributed by atoms with van der Waals surface area (Å²) in [7, 11) is 0. The van der Waals surface area contributed by atoms with E-state index < -0.39 is 18.9 Å². The number of alkyl halides is 3. The lowest BCUT2D eigenvalue weighted by molar-refractivity contribution is -0.162. The molecule has 1 amide bonds. The number of nitrogens with one attached hydrogen (secondary N) is 1. The molecule has 3 rings (SSSR count). The first-order chi connectivity index (χ1) is 15.1. The second kappa shape index (κ2) is 10.1. The van der Waals surface area contributed by atoms with Gasteiger partial charge in [-0.1, -0.05) is 16.7 Å². The lowest BCUT2D eigenvalue weighted by Gasteiger charge is -2.34. The Labute approximate surface area is 186 Å². The molecule has 1 aromatic carbocycles. The molecule has 2 aromatic rings. The molecular weight excluding hydrogens is 453 g/mol. The highest BCUT2D eigenvalue weighted by molar-refractivity contribution is 6.31. The minimum atomic E-state index is -4.55. The predicted molar refractivity (Wildman–Crippen MR) is 107 cm³/mol. The van der Waals surface area contributed by atoms with Crippen molar-refractivity contribution in [2.75, 3.05) is 38.1 Å². The standard InChI is InChI=1S/C19H20ClF3N6O3/c1-12-13(8-14(20)9-15(12)25-17-27-26-16(32-17)2-3-24)10-28-4-6-29(7-5-28)18(30)31-11-19(21,22)23/h8-9H,2,4-7,10-11H2,1H3,(H,25,27). The maximum Gasteiger partial charge on any atom is 0.422 e. The number of hydrogen-bond donors (Lipinski definition) is 1. The Morgan fingerprint density at radius 2 is 2.03 bits per heavy atom. The van der Waals surface area contributed by atoms with Crippen molar-refractivity contribution in [3.05, 3.63) is 34.2 Å². The van der Waals surface area contributed by atoms with Crippen LogP contribution in [0.25, 0.3) is 0 Å². The number of rotatable bonds is 6. The summed E-state index contributed by atoms with van der Waals surface area (Å²) >= 11 is 6.27. The molecule has 172 valence electrons. The van der Waals surface area contributed by atoms with Crippen LogP contribution in [-0.2, 0) is 17.7 Å². The zero-order valence-electron chi connectivity index (χ0n) is 17.1. The predicted octanol–water partition coefficient (Wildman–Crippen LogP) is 3.66. The van der Waals surface area contributed by atoms with Gasteiger partial charge in [0, 0.05) is 43.4 Å². The van der Waals surface area contributed by atoms with Gasteiger partial charge < -0.3 is 19.4 Å². The van der Waals surface area contributed by atoms with Crippen molar-refractivity contribution in [2.24, 2.45) is 0 Å². The first-order valence-corrected chi connectivity index (χ1v) is 9.98. The Bertz CT molecular complexity index is 999. The number of nitriles is 1. The average Bonchev–Trinajstić information content (AvgIpc) is 3.17. The van der Waals surface area contributed by atoms with Crippen LogP contribution in [0.4, 0.5) is 29.7 Å². The van der Waals surface area contributed by atoms with Crippen LogP contribution in [0, 0.1) is 18.3 Å². The third-order valence-corrected chi connectivity index (χ3v) is 5.02. The Morgan fingerprint density at radius 1 is 1.31 bits per heavy atom. The van der Waals surface area contributed by atoms with Crippen LogP contribution < -0.4 is 5.32 Å². The number of carbonyl (C=O) groups excluding carboxylic acids is 1. The molecule has 2 heterocycles. The van der Waals surface area contributed by atoms with Crippen molar-refractivity contribution < 1.29 is 27.1 Å². The van der Waals surface area contributed by atoms with E-state index in [-0.39, 0.29) is 31.4 Å². The molecule has 0 spiro atoms. The summed E-state index contributed by atoms with van der Waals surface area (Å²) in [6, 6.07) is 5.60. The van der Waals surface area contributed by atoms with Gasteiger partial charge in [0.25, 0.3) is 0 Å². The van der Waals surface area contributed by atoms with Crippen molar-refractivity contribution in [3.63, 3.8) is 0 Å². The number of hydrogen-bond acceptors (Lipinski definition) is 8. The van der Waals surface area contributed by atoms with E-state index in [1.165, 1.54) is 4.90 Å². The van der Waals surface area contributed by atoms with E-state index >= 15 is 0 Å². The molecule has 1 fully saturated rings. The second-order valence-electron chi connectivity index (χ2n) is 7.13. The van der Waals surface area contributed by atoms with Crippen molar-refractivity contribution >= 4 is 29.4 Å². The minimum Gasteiger partial charge on any atom is -0.440 e. The SMILES string of the molecule is Cc1c(CN2CCN(C(=O)OCC(F)(F)F)CC2)cc(Cl)cc1Nc1nnc(CC#N)o1. The number of aromatic nitrogens is 2. The summed E-state index contributed by atoms with van der Waals surface area (Å²) in [5, 5.41) is 19.8. The van der Waals surface area contributed by atoms with E-state index in [0.717, 1.165) is 11.1 Å². The minimum absolute atomic E-state index is 0.00415. The number of carbonyl (C=O) groups is 1. The average molecular weight is 473 g/mol. The Balaban J connectivity index is 1.59. The van der Waals surface area contributed by atoms with Gasteiger partial charge in [-0.25, -0.2) is 4.79 Å². The van der Waals surface area contributed by atoms with E-state index in [1.54, 1.807) is 6.07 Å². The number of anilines is 2. The van der Waals surface area contributed by atoms with E-state index in [0.29, 0.717) is 30.3 Å². The number of amides is 1. The number of nitrogens with zero attached hydrogens (tertiary/aromatic N) is 5. The van der Waals surface area contributed by atoms with E-state index in [1.807, 2.05) is 19.1 Å². The highest BCUT2D eigenvalue weighted by Crippen LogP contribution is 2.28. The van der Waals surface area contributed by atoms with Crippen LogP contribution in [0.1, 0.15) is 17.0 Å². The van der Waals surface area contributed by atoms with Gasteiger partial charge in [0.05, 0.1) is 6.07 Å². The summed E-state index contributed by atoms with van der Waals surface area (Å²) in [6.07, 6.45) is -5.52. The molecule has 1 N–H and O–H groups in total. The molecule has 9 nitrogen and oxygen atoms in total. The van der Waals surface area contributed by atoms with E-state index in [2.05, 4.69) is 25.2 Å². The lowest BCUT2D eigenvalue weighted by atomic mass is 10.1. The zero-order valence-corrected chi connectivity index (χ0v) is 17.8. The van der Waals surface area contributed by atoms with Gasteiger partial charge in [0.15, 0.2) is 6.61 Å². The molecule has 0 unspecified atom stereocenters. The summed E-state index contributed by atoms with van der Waals surface area (Å²) in [5.41, 5.74) is 2.47. The van der Waals surface area contributed by atoms with Crippen molar-refractivity contribution in [2.45, 2.75) is 26.1 Å². The number of piperazine rings is 1. The maximum atomic E-state index is 12.2. The monoisotopic (exact) mass is 472 g/mol. The maximum absolute atomic E-state index is 12.2. The largest absolute Gasteiger partial charge is 0.440 e. The summed E-state index contributed by atoms with van der Waals surface area (Å²) < 4.78 is 46.3. The fraction of sp³-hybridized carbons (Fsp3) is 0.474. The third kappa shape index (κ3) is 6.48. The number of ether oxygens (including phenoxy) is 1. The molecule has 1 aliphatic heterocycles. The van der Waals surface area contributed by atoms with Gasteiger partial charge in [-0.15, -0.1) is 5.10 Å². The highest BCUT2D eigenvalue weighted by Gasteiger charge is 2.31. The van der Waals surface area contributed by atoms with Crippen molar-refractivity contribution in [1.82, 2.24) is 20.0 Å². The van der Waals surface area contributed by atoms with Crippen LogP contribution in [0.2, 0.25) is 5.02 Å². The fourth-order valence-electron chi connectivity index (χ4n) is 3.15. The van der Waals surface area contributed by atoms with Gasteiger partial charge in [-0.05, 0) is 30.2 Å². The van der Waals surface area contributed by atoms with Crippen LogP contribution in [0.3, 0.4) is 0 Å². The number of halogens is 4. The lowest BCUT2D eigenvalue weighted by Crippen LogP contribution is -2.48. The summed E-state index contributed by atoms with van der Waals surface area (Å²) in [5.74, 6) is 0.196. The first kappa shape index (κ1) is 23.6. The van der Waals surface area contributed by atoms with Crippen molar-refractivity contribution in [1.29, 1.82) is 5.26 Å². The van der Waals surface area contributed by atoms with Gasteiger partial charge in [0.2, 0.25) is 5.89 Å². The van der Waals surface area contributed by atoms with Gasteiger partial charge in [-0.3, -0.25) is 4.90 Å². The summed E-state index contributed by atoms with van der Waals surface area (Å²) in [6.45, 7) is 2.27. The second-order valence-corrected chi connectivity index (χ2v) is 7.57. The van der Waals surface area contributed by atoms with Crippen LogP contribution in [0.5, 0.6) is 0 Å². The molecule has 0 saturated carbocycles. The molecule has 13 heteroatoms. The van der Waals surface area contributed by atoms with Gasteiger partial charge in [0.1, 0.15) is 6.42 Å². The molecular formula is C19H20ClF3N6O3. The first-order valence-electron chi connectivity index (χ1n) is 9.61. The van der Waals surface area contributed by atoms with Gasteiger partial charge in [-0.2, -0.15) is 18.4 Å². The van der Waals surface area contributed by atoms with Crippen LogP contribution in [0.15, 0.2) is 16.5 Å². The van der Waals surface area contributed by atoms with Crippen molar-refractivity contribution in [3.8, 4) is 6.07 Å². The molecule has 0 bridgehead atoms. The molecule has 32 heavy (non-hydrogen) atoms.